The summed E-state index contributed by atoms with van der Waals surface area (Å²) >= 11 is 0. The number of carbonyl (C=O) groups excluding carboxylic acids is 2. The van der Waals surface area contributed by atoms with E-state index in [9.17, 15) is 9.59 Å². The molecule has 1 fully saturated rings. The lowest BCUT2D eigenvalue weighted by molar-refractivity contribution is -0.121. The Morgan fingerprint density at radius 3 is 2.48 bits per heavy atom. The summed E-state index contributed by atoms with van der Waals surface area (Å²) in [5, 5.41) is 2.82. The van der Waals surface area contributed by atoms with Crippen LogP contribution in [-0.2, 0) is 4.79 Å². The van der Waals surface area contributed by atoms with Crippen LogP contribution in [0, 0.1) is 13.8 Å². The second kappa shape index (κ2) is 6.22. The van der Waals surface area contributed by atoms with Crippen molar-refractivity contribution in [1.82, 2.24) is 16.2 Å². The topological polar surface area (TPSA) is 70.2 Å². The van der Waals surface area contributed by atoms with Gasteiger partial charge in [0.2, 0.25) is 0 Å². The standard InChI is InChI=1S/C18H19N3O2/c1-11-6-8-13(9-7-11)15-16(18(23)21-20-15)19-17(22)14-5-3-4-12(2)10-14/h3-10,15-16,20H,1-2H3,(H,19,22)(H,21,23)/t15-,16+/m0/s1. The highest BCUT2D eigenvalue weighted by atomic mass is 16.2. The highest BCUT2D eigenvalue weighted by molar-refractivity contribution is 5.98. The molecule has 5 heteroatoms. The van der Waals surface area contributed by atoms with Crippen LogP contribution in [0.25, 0.3) is 0 Å². The molecule has 0 bridgehead atoms. The van der Waals surface area contributed by atoms with E-state index in [0.29, 0.717) is 5.56 Å². The van der Waals surface area contributed by atoms with E-state index in [-0.39, 0.29) is 17.9 Å². The second-order valence-electron chi connectivity index (χ2n) is 5.84. The molecular weight excluding hydrogens is 290 g/mol. The number of carbonyl (C=O) groups is 2. The van der Waals surface area contributed by atoms with Gasteiger partial charge in [-0.25, -0.2) is 5.43 Å². The fourth-order valence-electron chi connectivity index (χ4n) is 2.67. The minimum absolute atomic E-state index is 0.239. The molecule has 0 aliphatic carbocycles. The molecule has 2 atom stereocenters. The molecule has 0 aromatic heterocycles. The van der Waals surface area contributed by atoms with Crippen LogP contribution in [0.1, 0.15) is 33.1 Å². The van der Waals surface area contributed by atoms with Gasteiger partial charge in [0.1, 0.15) is 6.04 Å². The Bertz CT molecular complexity index is 740. The summed E-state index contributed by atoms with van der Waals surface area (Å²) in [6.45, 7) is 3.93. The van der Waals surface area contributed by atoms with Crippen molar-refractivity contribution >= 4 is 11.8 Å². The lowest BCUT2D eigenvalue weighted by atomic mass is 9.99. The first-order valence-corrected chi connectivity index (χ1v) is 7.54. The second-order valence-corrected chi connectivity index (χ2v) is 5.84. The van der Waals surface area contributed by atoms with Gasteiger partial charge < -0.3 is 5.32 Å². The Hall–Kier alpha value is -2.66. The molecule has 5 nitrogen and oxygen atoms in total. The van der Waals surface area contributed by atoms with Crippen molar-refractivity contribution in [2.24, 2.45) is 0 Å². The number of hydrogen-bond acceptors (Lipinski definition) is 3. The molecule has 3 rings (SSSR count). The van der Waals surface area contributed by atoms with Crippen molar-refractivity contribution in [3.8, 4) is 0 Å². The van der Waals surface area contributed by atoms with E-state index in [4.69, 9.17) is 0 Å². The van der Waals surface area contributed by atoms with Gasteiger partial charge in [0.05, 0.1) is 6.04 Å². The molecule has 2 amide bonds. The molecule has 1 heterocycles. The lowest BCUT2D eigenvalue weighted by Gasteiger charge is -2.18. The third-order valence-corrected chi connectivity index (χ3v) is 3.97. The van der Waals surface area contributed by atoms with Gasteiger partial charge in [0.15, 0.2) is 0 Å². The molecule has 1 saturated heterocycles. The summed E-state index contributed by atoms with van der Waals surface area (Å²) in [5.74, 6) is -0.494. The molecule has 23 heavy (non-hydrogen) atoms. The molecule has 0 radical (unpaired) electrons. The Labute approximate surface area is 135 Å². The first kappa shape index (κ1) is 15.2. The number of aryl methyl sites for hydroxylation is 2. The predicted octanol–water partition coefficient (Wildman–Crippen LogP) is 1.78. The highest BCUT2D eigenvalue weighted by Gasteiger charge is 2.36. The van der Waals surface area contributed by atoms with Crippen LogP contribution in [0.3, 0.4) is 0 Å². The number of rotatable bonds is 3. The first-order valence-electron chi connectivity index (χ1n) is 7.54. The monoisotopic (exact) mass is 309 g/mol. The fourth-order valence-corrected chi connectivity index (χ4v) is 2.67. The van der Waals surface area contributed by atoms with Gasteiger partial charge in [-0.05, 0) is 31.5 Å². The summed E-state index contributed by atoms with van der Waals surface area (Å²) < 4.78 is 0. The summed E-state index contributed by atoms with van der Waals surface area (Å²) in [5.41, 5.74) is 9.19. The molecule has 0 saturated carbocycles. The molecule has 2 aromatic carbocycles. The highest BCUT2D eigenvalue weighted by Crippen LogP contribution is 2.21. The normalized spacial score (nSPS) is 20.2. The Kier molecular flexibility index (Phi) is 4.12. The number of hydrogen-bond donors (Lipinski definition) is 3. The van der Waals surface area contributed by atoms with E-state index < -0.39 is 6.04 Å². The number of amides is 2. The summed E-state index contributed by atoms with van der Waals surface area (Å²) in [7, 11) is 0. The van der Waals surface area contributed by atoms with E-state index >= 15 is 0 Å². The molecule has 3 N–H and O–H groups in total. The van der Waals surface area contributed by atoms with Crippen LogP contribution in [0.15, 0.2) is 48.5 Å². The minimum atomic E-state index is -0.647. The first-order chi connectivity index (χ1) is 11.0. The average Bonchev–Trinajstić information content (AvgIpc) is 2.89. The van der Waals surface area contributed by atoms with Crippen molar-refractivity contribution in [2.75, 3.05) is 0 Å². The maximum absolute atomic E-state index is 12.4. The summed E-state index contributed by atoms with van der Waals surface area (Å²) in [6.07, 6.45) is 0. The number of nitrogens with one attached hydrogen (secondary N) is 3. The van der Waals surface area contributed by atoms with Gasteiger partial charge in [0, 0.05) is 5.56 Å². The van der Waals surface area contributed by atoms with Gasteiger partial charge in [-0.15, -0.1) is 0 Å². The Morgan fingerprint density at radius 2 is 1.78 bits per heavy atom. The minimum Gasteiger partial charge on any atom is -0.338 e. The zero-order valence-corrected chi connectivity index (χ0v) is 13.1. The van der Waals surface area contributed by atoms with Crippen LogP contribution in [0.4, 0.5) is 0 Å². The van der Waals surface area contributed by atoms with E-state index in [1.165, 1.54) is 0 Å². The van der Waals surface area contributed by atoms with Gasteiger partial charge in [-0.1, -0.05) is 47.5 Å². The van der Waals surface area contributed by atoms with Gasteiger partial charge in [0.25, 0.3) is 11.8 Å². The number of hydrazine groups is 1. The predicted molar refractivity (Wildman–Crippen MR) is 87.6 cm³/mol. The third-order valence-electron chi connectivity index (χ3n) is 3.97. The maximum Gasteiger partial charge on any atom is 0.258 e. The van der Waals surface area contributed by atoms with E-state index in [1.54, 1.807) is 12.1 Å². The van der Waals surface area contributed by atoms with Gasteiger partial charge in [-0.2, -0.15) is 0 Å². The summed E-state index contributed by atoms with van der Waals surface area (Å²) in [4.78, 5) is 24.5. The smallest absolute Gasteiger partial charge is 0.258 e. The van der Waals surface area contributed by atoms with Gasteiger partial charge >= 0.3 is 0 Å². The molecule has 2 aromatic rings. The van der Waals surface area contributed by atoms with E-state index in [1.807, 2.05) is 50.2 Å². The largest absolute Gasteiger partial charge is 0.338 e. The SMILES string of the molecule is Cc1ccc([C@@H]2NNC(=O)[C@@H]2NC(=O)c2cccc(C)c2)cc1. The molecular formula is C18H19N3O2. The quantitative estimate of drug-likeness (QED) is 0.809. The zero-order valence-electron chi connectivity index (χ0n) is 13.1. The van der Waals surface area contributed by atoms with Crippen LogP contribution in [0.5, 0.6) is 0 Å². The molecule has 1 aliphatic rings. The maximum atomic E-state index is 12.4. The van der Waals surface area contributed by atoms with Crippen molar-refractivity contribution in [2.45, 2.75) is 25.9 Å². The Balaban J connectivity index is 1.80. The molecule has 0 spiro atoms. The van der Waals surface area contributed by atoms with E-state index in [2.05, 4.69) is 16.2 Å². The van der Waals surface area contributed by atoms with Crippen LogP contribution < -0.4 is 16.2 Å². The van der Waals surface area contributed by atoms with Crippen LogP contribution in [0.2, 0.25) is 0 Å². The van der Waals surface area contributed by atoms with Crippen LogP contribution in [-0.4, -0.2) is 17.9 Å². The van der Waals surface area contributed by atoms with Gasteiger partial charge in [-0.3, -0.25) is 15.0 Å². The molecule has 1 aliphatic heterocycles. The van der Waals surface area contributed by atoms with E-state index in [0.717, 1.165) is 16.7 Å². The fraction of sp³-hybridized carbons (Fsp3) is 0.222. The zero-order chi connectivity index (χ0) is 16.4. The molecule has 0 unspecified atom stereocenters. The van der Waals surface area contributed by atoms with Crippen molar-refractivity contribution < 1.29 is 9.59 Å². The summed E-state index contributed by atoms with van der Waals surface area (Å²) in [6, 6.07) is 14.2. The molecule has 118 valence electrons. The van der Waals surface area contributed by atoms with Crippen molar-refractivity contribution in [1.29, 1.82) is 0 Å². The van der Waals surface area contributed by atoms with Crippen molar-refractivity contribution in [3.05, 3.63) is 70.8 Å². The third kappa shape index (κ3) is 3.24. The Morgan fingerprint density at radius 1 is 1.04 bits per heavy atom. The lowest BCUT2D eigenvalue weighted by Crippen LogP contribution is -2.42. The van der Waals surface area contributed by atoms with Crippen molar-refractivity contribution in [3.63, 3.8) is 0 Å². The number of benzene rings is 2. The van der Waals surface area contributed by atoms with Crippen LogP contribution >= 0.6 is 0 Å². The average molecular weight is 309 g/mol.